The molecule has 0 unspecified atom stereocenters. The van der Waals surface area contributed by atoms with Gasteiger partial charge in [-0.15, -0.1) is 0 Å². The van der Waals surface area contributed by atoms with Gasteiger partial charge in [-0.3, -0.25) is 15.0 Å². The molecule has 4 amide bonds. The number of hydrogen-bond donors (Lipinski definition) is 5. The highest BCUT2D eigenvalue weighted by atomic mass is 16.6. The molecule has 14 heteroatoms. The number of carboxylic acids is 1. The van der Waals surface area contributed by atoms with Crippen LogP contribution in [0.2, 0.25) is 0 Å². The van der Waals surface area contributed by atoms with E-state index in [2.05, 4.69) is 5.32 Å². The summed E-state index contributed by atoms with van der Waals surface area (Å²) in [6.45, 7) is 0.825. The van der Waals surface area contributed by atoms with Crippen molar-refractivity contribution in [3.05, 3.63) is 108 Å². The molecule has 0 heterocycles. The number of aliphatic carboxylic acids is 1. The quantitative estimate of drug-likeness (QED) is 0.119. The normalized spacial score (nSPS) is 12.5. The summed E-state index contributed by atoms with van der Waals surface area (Å²) in [5.41, 5.74) is 13.8. The summed E-state index contributed by atoms with van der Waals surface area (Å²) >= 11 is 0. The van der Waals surface area contributed by atoms with E-state index in [0.717, 1.165) is 16.0 Å². The third-order valence-electron chi connectivity index (χ3n) is 7.23. The number of hydrogen-bond acceptors (Lipinski definition) is 9. The van der Waals surface area contributed by atoms with Crippen molar-refractivity contribution in [2.24, 2.45) is 11.5 Å². The second kappa shape index (κ2) is 18.4. The zero-order chi connectivity index (χ0) is 35.1. The van der Waals surface area contributed by atoms with Crippen LogP contribution in [0.25, 0.3) is 0 Å². The second-order valence-corrected chi connectivity index (χ2v) is 10.8. The molecule has 0 aliphatic carbocycles. The lowest BCUT2D eigenvalue weighted by molar-refractivity contribution is -0.144. The topological polar surface area (TPSA) is 218 Å². The molecule has 0 saturated carbocycles. The van der Waals surface area contributed by atoms with Crippen molar-refractivity contribution < 1.29 is 38.6 Å². The molecule has 0 fully saturated rings. The third kappa shape index (κ3) is 11.2. The van der Waals surface area contributed by atoms with E-state index < -0.39 is 54.1 Å². The van der Waals surface area contributed by atoms with Crippen LogP contribution in [0.5, 0.6) is 0 Å². The summed E-state index contributed by atoms with van der Waals surface area (Å²) in [6.07, 6.45) is -2.16. The van der Waals surface area contributed by atoms with E-state index in [1.165, 1.54) is 6.92 Å². The smallest absolute Gasteiger partial charge is 0.417 e. The van der Waals surface area contributed by atoms with Gasteiger partial charge in [-0.05, 0) is 42.9 Å². The van der Waals surface area contributed by atoms with Gasteiger partial charge in [0.2, 0.25) is 11.8 Å². The zero-order valence-electron chi connectivity index (χ0n) is 26.5. The maximum absolute atomic E-state index is 13.5. The minimum absolute atomic E-state index is 0.00461. The summed E-state index contributed by atoms with van der Waals surface area (Å²) in [6, 6.07) is 22.2. The number of carbonyl (C=O) groups is 5. The number of benzene rings is 3. The summed E-state index contributed by atoms with van der Waals surface area (Å²) < 4.78 is 10.6. The Balaban J connectivity index is 1.67. The Kier molecular flexibility index (Phi) is 14.1. The van der Waals surface area contributed by atoms with Crippen molar-refractivity contribution in [2.75, 3.05) is 6.54 Å². The molecule has 0 radical (unpaired) electrons. The van der Waals surface area contributed by atoms with Gasteiger partial charge in [0.25, 0.3) is 0 Å². The maximum Gasteiger partial charge on any atom is 0.417 e. The molecule has 0 aliphatic heterocycles. The Bertz CT molecular complexity index is 1540. The average molecular weight is 661 g/mol. The fraction of sp³-hybridized carbons (Fsp3) is 0.294. The predicted octanol–water partition coefficient (Wildman–Crippen LogP) is 2.99. The van der Waals surface area contributed by atoms with Gasteiger partial charge in [0.1, 0.15) is 25.3 Å². The fourth-order valence-corrected chi connectivity index (χ4v) is 4.59. The first-order chi connectivity index (χ1) is 23.0. The molecule has 0 saturated heterocycles. The molecule has 3 atom stereocenters. The molecule has 3 rings (SSSR count). The zero-order valence-corrected chi connectivity index (χ0v) is 26.5. The monoisotopic (exact) mass is 660 g/mol. The molecule has 3 aromatic carbocycles. The number of carboxylic acid groups (broad SMARTS) is 1. The lowest BCUT2D eigenvalue weighted by Gasteiger charge is -2.29. The van der Waals surface area contributed by atoms with Crippen LogP contribution in [-0.2, 0) is 43.5 Å². The number of ether oxygens (including phenoxy) is 2. The molecule has 7 N–H and O–H groups in total. The molecule has 254 valence electrons. The third-order valence-corrected chi connectivity index (χ3v) is 7.23. The van der Waals surface area contributed by atoms with Crippen LogP contribution >= 0.6 is 0 Å². The van der Waals surface area contributed by atoms with Gasteiger partial charge in [0.15, 0.2) is 5.96 Å². The van der Waals surface area contributed by atoms with Gasteiger partial charge in [0.05, 0.1) is 6.04 Å². The van der Waals surface area contributed by atoms with E-state index in [0.29, 0.717) is 10.5 Å². The Morgan fingerprint density at radius 3 is 1.77 bits per heavy atom. The van der Waals surface area contributed by atoms with Crippen LogP contribution in [0.15, 0.2) is 91.0 Å². The average Bonchev–Trinajstić information content (AvgIpc) is 3.08. The minimum Gasteiger partial charge on any atom is -0.480 e. The van der Waals surface area contributed by atoms with Crippen molar-refractivity contribution in [2.45, 2.75) is 57.5 Å². The molecule has 48 heavy (non-hydrogen) atoms. The number of carbonyl (C=O) groups excluding carboxylic acids is 4. The minimum atomic E-state index is -1.51. The largest absolute Gasteiger partial charge is 0.480 e. The highest BCUT2D eigenvalue weighted by Gasteiger charge is 2.37. The molecule has 0 spiro atoms. The Morgan fingerprint density at radius 2 is 1.29 bits per heavy atom. The SMILES string of the molecule is C[C@@H](C(=O)N[C@@H](CCCN(C(=N)N)C(=O)OCc1ccccc1)C(=O)O)N(C(=O)OCc1ccccc1)C(=O)[C@H](N)Cc1ccccc1. The molecular weight excluding hydrogens is 620 g/mol. The van der Waals surface area contributed by atoms with E-state index >= 15 is 0 Å². The van der Waals surface area contributed by atoms with Gasteiger partial charge < -0.3 is 31.4 Å². The highest BCUT2D eigenvalue weighted by molar-refractivity contribution is 6.00. The lowest BCUT2D eigenvalue weighted by atomic mass is 10.0. The number of imide groups is 1. The van der Waals surface area contributed by atoms with Crippen molar-refractivity contribution in [1.29, 1.82) is 5.41 Å². The Hall–Kier alpha value is -5.76. The van der Waals surface area contributed by atoms with Crippen molar-refractivity contribution in [3.8, 4) is 0 Å². The van der Waals surface area contributed by atoms with E-state index in [1.807, 2.05) is 0 Å². The number of amides is 4. The van der Waals surface area contributed by atoms with Crippen LogP contribution in [0.4, 0.5) is 9.59 Å². The van der Waals surface area contributed by atoms with Crippen LogP contribution in [0.3, 0.4) is 0 Å². The number of nitrogens with two attached hydrogens (primary N) is 2. The van der Waals surface area contributed by atoms with Crippen LogP contribution in [-0.4, -0.2) is 75.5 Å². The number of nitrogens with zero attached hydrogens (tertiary/aromatic N) is 2. The molecule has 0 aromatic heterocycles. The standard InChI is InChI=1S/C34H40N6O8/c1-23(40(34(46)48-22-26-16-9-4-10-17-26)30(42)27(35)20-24-12-5-2-6-13-24)29(41)38-28(31(43)44)18-11-19-39(32(36)37)33(45)47-21-25-14-7-3-8-15-25/h2-10,12-17,23,27-28H,11,18-22,35H2,1H3,(H3,36,37)(H,38,41)(H,43,44)/t23-,27+,28-/m0/s1. The summed E-state index contributed by atoms with van der Waals surface area (Å²) in [7, 11) is 0. The lowest BCUT2D eigenvalue weighted by Crippen LogP contribution is -2.57. The van der Waals surface area contributed by atoms with Crippen LogP contribution in [0.1, 0.15) is 36.5 Å². The summed E-state index contributed by atoms with van der Waals surface area (Å²) in [5.74, 6) is -3.85. The second-order valence-electron chi connectivity index (χ2n) is 10.8. The van der Waals surface area contributed by atoms with Crippen LogP contribution < -0.4 is 16.8 Å². The van der Waals surface area contributed by atoms with Gasteiger partial charge in [-0.25, -0.2) is 24.2 Å². The van der Waals surface area contributed by atoms with E-state index in [1.54, 1.807) is 91.0 Å². The first-order valence-corrected chi connectivity index (χ1v) is 15.2. The molecular formula is C34H40N6O8. The van der Waals surface area contributed by atoms with Gasteiger partial charge >= 0.3 is 18.2 Å². The van der Waals surface area contributed by atoms with Crippen molar-refractivity contribution >= 4 is 35.9 Å². The van der Waals surface area contributed by atoms with Crippen molar-refractivity contribution in [3.63, 3.8) is 0 Å². The van der Waals surface area contributed by atoms with Crippen LogP contribution in [0, 0.1) is 5.41 Å². The fourth-order valence-electron chi connectivity index (χ4n) is 4.59. The predicted molar refractivity (Wildman–Crippen MR) is 175 cm³/mol. The Labute approximate surface area is 278 Å². The maximum atomic E-state index is 13.5. The molecule has 3 aromatic rings. The van der Waals surface area contributed by atoms with E-state index in [-0.39, 0.29) is 39.0 Å². The van der Waals surface area contributed by atoms with Gasteiger partial charge in [-0.2, -0.15) is 0 Å². The molecule has 0 aliphatic rings. The first kappa shape index (κ1) is 36.7. The number of nitrogens with one attached hydrogen (secondary N) is 2. The van der Waals surface area contributed by atoms with E-state index in [9.17, 15) is 29.1 Å². The summed E-state index contributed by atoms with van der Waals surface area (Å²) in [5, 5.41) is 19.9. The van der Waals surface area contributed by atoms with Gasteiger partial charge in [-0.1, -0.05) is 91.0 Å². The first-order valence-electron chi connectivity index (χ1n) is 15.2. The molecule has 0 bridgehead atoms. The van der Waals surface area contributed by atoms with Gasteiger partial charge in [0, 0.05) is 6.54 Å². The number of rotatable bonds is 15. The number of guanidine groups is 1. The van der Waals surface area contributed by atoms with Crippen molar-refractivity contribution in [1.82, 2.24) is 15.1 Å². The Morgan fingerprint density at radius 1 is 0.812 bits per heavy atom. The summed E-state index contributed by atoms with van der Waals surface area (Å²) in [4.78, 5) is 66.2. The molecule has 14 nitrogen and oxygen atoms in total. The van der Waals surface area contributed by atoms with E-state index in [4.69, 9.17) is 26.4 Å². The highest BCUT2D eigenvalue weighted by Crippen LogP contribution is 2.13.